The first-order valence-electron chi connectivity index (χ1n) is 8.90. The van der Waals surface area contributed by atoms with E-state index in [1.54, 1.807) is 44.9 Å². The molecule has 0 saturated heterocycles. The van der Waals surface area contributed by atoms with E-state index in [0.717, 1.165) is 29.6 Å². The van der Waals surface area contributed by atoms with Gasteiger partial charge in [-0.05, 0) is 42.4 Å². The van der Waals surface area contributed by atoms with Crippen molar-refractivity contribution in [3.63, 3.8) is 0 Å². The minimum absolute atomic E-state index is 1.14. The largest absolute Gasteiger partial charge is 0.0683 e. The van der Waals surface area contributed by atoms with Gasteiger partial charge in [0.25, 0.3) is 0 Å². The van der Waals surface area contributed by atoms with Gasteiger partial charge in [-0.3, -0.25) is 0 Å². The van der Waals surface area contributed by atoms with Crippen LogP contribution in [0.4, 0.5) is 0 Å². The predicted octanol–water partition coefficient (Wildman–Crippen LogP) is 6.06. The minimum Gasteiger partial charge on any atom is -0.0683 e. The normalized spacial score (nSPS) is 39.5. The van der Waals surface area contributed by atoms with Gasteiger partial charge in [0, 0.05) is 0 Å². The fourth-order valence-electron chi connectivity index (χ4n) is 5.11. The summed E-state index contributed by atoms with van der Waals surface area (Å²) < 4.78 is 0. The number of hydrogen-bond acceptors (Lipinski definition) is 0. The maximum absolute atomic E-state index is 2.40. The number of rotatable bonds is 3. The highest BCUT2D eigenvalue weighted by molar-refractivity contribution is 4.96. The van der Waals surface area contributed by atoms with Crippen molar-refractivity contribution < 1.29 is 0 Å². The van der Waals surface area contributed by atoms with Gasteiger partial charge in [-0.1, -0.05) is 72.1 Å². The van der Waals surface area contributed by atoms with E-state index in [1.165, 1.54) is 19.3 Å². The van der Waals surface area contributed by atoms with Gasteiger partial charge in [0.05, 0.1) is 0 Å². The van der Waals surface area contributed by atoms with Crippen molar-refractivity contribution >= 4 is 0 Å². The zero-order valence-corrected chi connectivity index (χ0v) is 13.0. The molecule has 3 aliphatic carbocycles. The molecular weight excluding hydrogens is 216 g/mol. The molecule has 3 fully saturated rings. The standard InChI is InChI=1S/C16H28.C2H6/c1-2-6-15-14-10-4-3-7-13(14)11-16(15)12-8-5-9-12;1-2/h12-16H,2-11H2,1H3;1-2H3. The average molecular weight is 250 g/mol. The van der Waals surface area contributed by atoms with Gasteiger partial charge in [-0.15, -0.1) is 0 Å². The van der Waals surface area contributed by atoms with Crippen molar-refractivity contribution in [2.75, 3.05) is 0 Å². The Hall–Kier alpha value is 0. The summed E-state index contributed by atoms with van der Waals surface area (Å²) >= 11 is 0. The summed E-state index contributed by atoms with van der Waals surface area (Å²) in [6.07, 6.45) is 15.5. The molecule has 0 radical (unpaired) electrons. The topological polar surface area (TPSA) is 0 Å². The molecular formula is C18H34. The summed E-state index contributed by atoms with van der Waals surface area (Å²) in [5, 5.41) is 0. The van der Waals surface area contributed by atoms with Gasteiger partial charge in [-0.2, -0.15) is 0 Å². The molecule has 0 bridgehead atoms. The highest BCUT2D eigenvalue weighted by atomic mass is 14.5. The molecule has 0 nitrogen and oxygen atoms in total. The van der Waals surface area contributed by atoms with Crippen LogP contribution in [-0.2, 0) is 0 Å². The smallest absolute Gasteiger partial charge is 0.0352 e. The molecule has 0 spiro atoms. The van der Waals surface area contributed by atoms with Gasteiger partial charge < -0.3 is 0 Å². The third kappa shape index (κ3) is 2.78. The maximum Gasteiger partial charge on any atom is -0.0352 e. The van der Waals surface area contributed by atoms with Crippen LogP contribution in [0, 0.1) is 29.6 Å². The zero-order chi connectivity index (χ0) is 13.0. The average Bonchev–Trinajstić information content (AvgIpc) is 2.70. The Labute approximate surface area is 115 Å². The third-order valence-corrected chi connectivity index (χ3v) is 6.02. The summed E-state index contributed by atoms with van der Waals surface area (Å²) in [7, 11) is 0. The van der Waals surface area contributed by atoms with Crippen molar-refractivity contribution in [2.45, 2.75) is 85.0 Å². The van der Waals surface area contributed by atoms with Crippen LogP contribution < -0.4 is 0 Å². The van der Waals surface area contributed by atoms with Crippen molar-refractivity contribution in [3.05, 3.63) is 0 Å². The molecule has 0 amide bonds. The highest BCUT2D eigenvalue weighted by Crippen LogP contribution is 2.55. The SMILES string of the molecule is CC.CCCC1C2CCCCC2CC1C1CCC1. The number of fused-ring (bicyclic) bond motifs is 1. The first kappa shape index (κ1) is 14.4. The lowest BCUT2D eigenvalue weighted by Crippen LogP contribution is -2.27. The van der Waals surface area contributed by atoms with Crippen LogP contribution in [0.1, 0.15) is 85.0 Å². The Morgan fingerprint density at radius 1 is 0.778 bits per heavy atom. The van der Waals surface area contributed by atoms with Crippen LogP contribution >= 0.6 is 0 Å². The molecule has 0 heteroatoms. The van der Waals surface area contributed by atoms with Gasteiger partial charge in [-0.25, -0.2) is 0 Å². The van der Waals surface area contributed by atoms with E-state index in [2.05, 4.69) is 6.92 Å². The van der Waals surface area contributed by atoms with Crippen LogP contribution in [0.25, 0.3) is 0 Å². The first-order chi connectivity index (χ1) is 8.90. The molecule has 3 rings (SSSR count). The van der Waals surface area contributed by atoms with E-state index in [1.807, 2.05) is 13.8 Å². The second-order valence-corrected chi connectivity index (χ2v) is 6.75. The summed E-state index contributed by atoms with van der Waals surface area (Å²) in [6, 6.07) is 0. The maximum atomic E-state index is 2.40. The molecule has 3 aliphatic rings. The molecule has 4 atom stereocenters. The van der Waals surface area contributed by atoms with Crippen molar-refractivity contribution in [3.8, 4) is 0 Å². The van der Waals surface area contributed by atoms with Crippen LogP contribution in [-0.4, -0.2) is 0 Å². The van der Waals surface area contributed by atoms with Gasteiger partial charge >= 0.3 is 0 Å². The second-order valence-electron chi connectivity index (χ2n) is 6.75. The molecule has 106 valence electrons. The third-order valence-electron chi connectivity index (χ3n) is 6.02. The Morgan fingerprint density at radius 3 is 2.06 bits per heavy atom. The minimum atomic E-state index is 1.14. The molecule has 4 unspecified atom stereocenters. The fraction of sp³-hybridized carbons (Fsp3) is 1.00. The van der Waals surface area contributed by atoms with E-state index in [-0.39, 0.29) is 0 Å². The monoisotopic (exact) mass is 250 g/mol. The van der Waals surface area contributed by atoms with Crippen molar-refractivity contribution in [1.29, 1.82) is 0 Å². The molecule has 0 heterocycles. The van der Waals surface area contributed by atoms with E-state index in [9.17, 15) is 0 Å². The van der Waals surface area contributed by atoms with Crippen LogP contribution in [0.15, 0.2) is 0 Å². The van der Waals surface area contributed by atoms with Crippen molar-refractivity contribution in [1.82, 2.24) is 0 Å². The molecule has 0 aliphatic heterocycles. The van der Waals surface area contributed by atoms with Crippen molar-refractivity contribution in [2.24, 2.45) is 29.6 Å². The molecule has 0 aromatic carbocycles. The Balaban J connectivity index is 0.000000574. The Bertz CT molecular complexity index is 228. The van der Waals surface area contributed by atoms with E-state index >= 15 is 0 Å². The molecule has 0 aromatic heterocycles. The van der Waals surface area contributed by atoms with Crippen LogP contribution in [0.5, 0.6) is 0 Å². The quantitative estimate of drug-likeness (QED) is 0.571. The molecule has 18 heavy (non-hydrogen) atoms. The van der Waals surface area contributed by atoms with Gasteiger partial charge in [0.1, 0.15) is 0 Å². The lowest BCUT2D eigenvalue weighted by Gasteiger charge is -2.36. The van der Waals surface area contributed by atoms with E-state index in [0.29, 0.717) is 0 Å². The Kier molecular flexibility index (Phi) is 5.57. The summed E-state index contributed by atoms with van der Waals surface area (Å²) in [4.78, 5) is 0. The zero-order valence-electron chi connectivity index (χ0n) is 13.0. The van der Waals surface area contributed by atoms with E-state index < -0.39 is 0 Å². The predicted molar refractivity (Wildman–Crippen MR) is 80.6 cm³/mol. The Morgan fingerprint density at radius 2 is 1.44 bits per heavy atom. The second kappa shape index (κ2) is 6.96. The number of hydrogen-bond donors (Lipinski definition) is 0. The molecule has 0 aromatic rings. The lowest BCUT2D eigenvalue weighted by atomic mass is 9.69. The van der Waals surface area contributed by atoms with Crippen LogP contribution in [0.2, 0.25) is 0 Å². The molecule has 3 saturated carbocycles. The molecule has 0 N–H and O–H groups in total. The highest BCUT2D eigenvalue weighted by Gasteiger charge is 2.46. The summed E-state index contributed by atoms with van der Waals surface area (Å²) in [6.45, 7) is 6.40. The van der Waals surface area contributed by atoms with E-state index in [4.69, 9.17) is 0 Å². The summed E-state index contributed by atoms with van der Waals surface area (Å²) in [5.41, 5.74) is 0. The fourth-order valence-corrected chi connectivity index (χ4v) is 5.11. The van der Waals surface area contributed by atoms with Crippen LogP contribution in [0.3, 0.4) is 0 Å². The first-order valence-corrected chi connectivity index (χ1v) is 8.90. The van der Waals surface area contributed by atoms with Gasteiger partial charge in [0.15, 0.2) is 0 Å². The lowest BCUT2D eigenvalue weighted by molar-refractivity contribution is 0.136. The van der Waals surface area contributed by atoms with Gasteiger partial charge in [0.2, 0.25) is 0 Å². The summed E-state index contributed by atoms with van der Waals surface area (Å²) in [5.74, 6) is 5.75.